The lowest BCUT2D eigenvalue weighted by molar-refractivity contribution is -0.125. The van der Waals surface area contributed by atoms with E-state index in [2.05, 4.69) is 15.7 Å². The summed E-state index contributed by atoms with van der Waals surface area (Å²) < 4.78 is 1.86. The SMILES string of the molecule is Cc1nn(C)c(C)c1CNC(=O)[C@H]1CCCNC1. The molecule has 1 aliphatic heterocycles. The van der Waals surface area contributed by atoms with E-state index in [9.17, 15) is 4.79 Å². The first kappa shape index (κ1) is 13.1. The molecule has 1 fully saturated rings. The van der Waals surface area contributed by atoms with Gasteiger partial charge in [0.05, 0.1) is 11.6 Å². The fraction of sp³-hybridized carbons (Fsp3) is 0.692. The quantitative estimate of drug-likeness (QED) is 0.828. The maximum Gasteiger partial charge on any atom is 0.224 e. The summed E-state index contributed by atoms with van der Waals surface area (Å²) in [5, 5.41) is 10.6. The van der Waals surface area contributed by atoms with Crippen LogP contribution in [-0.2, 0) is 18.4 Å². The Kier molecular flexibility index (Phi) is 4.01. The van der Waals surface area contributed by atoms with E-state index in [1.165, 1.54) is 0 Å². The highest BCUT2D eigenvalue weighted by Gasteiger charge is 2.21. The third-order valence-electron chi connectivity index (χ3n) is 3.77. The maximum atomic E-state index is 12.0. The highest BCUT2D eigenvalue weighted by Crippen LogP contribution is 2.13. The van der Waals surface area contributed by atoms with E-state index in [1.54, 1.807) is 0 Å². The average molecular weight is 250 g/mol. The first-order chi connectivity index (χ1) is 8.59. The summed E-state index contributed by atoms with van der Waals surface area (Å²) in [6.45, 7) is 6.43. The average Bonchev–Trinajstić information content (AvgIpc) is 2.62. The number of hydrogen-bond donors (Lipinski definition) is 2. The second kappa shape index (κ2) is 5.52. The molecule has 18 heavy (non-hydrogen) atoms. The smallest absolute Gasteiger partial charge is 0.224 e. The highest BCUT2D eigenvalue weighted by atomic mass is 16.1. The van der Waals surface area contributed by atoms with E-state index in [1.807, 2.05) is 25.6 Å². The second-order valence-electron chi connectivity index (χ2n) is 5.03. The van der Waals surface area contributed by atoms with Gasteiger partial charge in [-0.25, -0.2) is 0 Å². The monoisotopic (exact) mass is 250 g/mol. The van der Waals surface area contributed by atoms with Gasteiger partial charge in [-0.05, 0) is 33.2 Å². The van der Waals surface area contributed by atoms with Crippen LogP contribution in [0.4, 0.5) is 0 Å². The molecule has 0 spiro atoms. The minimum Gasteiger partial charge on any atom is -0.352 e. The van der Waals surface area contributed by atoms with Crippen LogP contribution in [0.2, 0.25) is 0 Å². The van der Waals surface area contributed by atoms with Crippen LogP contribution in [0.25, 0.3) is 0 Å². The lowest BCUT2D eigenvalue weighted by atomic mass is 9.99. The number of aromatic nitrogens is 2. The van der Waals surface area contributed by atoms with Crippen LogP contribution >= 0.6 is 0 Å². The molecule has 0 unspecified atom stereocenters. The molecule has 0 saturated carbocycles. The zero-order valence-corrected chi connectivity index (χ0v) is 11.4. The fourth-order valence-electron chi connectivity index (χ4n) is 2.47. The van der Waals surface area contributed by atoms with Crippen LogP contribution in [-0.4, -0.2) is 28.8 Å². The van der Waals surface area contributed by atoms with Crippen molar-refractivity contribution in [2.75, 3.05) is 13.1 Å². The van der Waals surface area contributed by atoms with Gasteiger partial charge in [-0.2, -0.15) is 5.10 Å². The molecule has 0 aromatic carbocycles. The molecule has 100 valence electrons. The molecular formula is C13H22N4O. The van der Waals surface area contributed by atoms with Crippen molar-refractivity contribution in [3.05, 3.63) is 17.0 Å². The summed E-state index contributed by atoms with van der Waals surface area (Å²) in [4.78, 5) is 12.0. The minimum absolute atomic E-state index is 0.121. The molecule has 1 aromatic heterocycles. The number of nitrogens with zero attached hydrogens (tertiary/aromatic N) is 2. The summed E-state index contributed by atoms with van der Waals surface area (Å²) in [5.74, 6) is 0.279. The molecule has 2 heterocycles. The molecule has 0 bridgehead atoms. The van der Waals surface area contributed by atoms with E-state index >= 15 is 0 Å². The molecule has 1 saturated heterocycles. The number of piperidine rings is 1. The van der Waals surface area contributed by atoms with Crippen molar-refractivity contribution < 1.29 is 4.79 Å². The number of carbonyl (C=O) groups excluding carboxylic acids is 1. The van der Waals surface area contributed by atoms with Gasteiger partial charge in [0.1, 0.15) is 0 Å². The Morgan fingerprint density at radius 2 is 2.33 bits per heavy atom. The van der Waals surface area contributed by atoms with Crippen molar-refractivity contribution in [2.24, 2.45) is 13.0 Å². The highest BCUT2D eigenvalue weighted by molar-refractivity contribution is 5.79. The number of rotatable bonds is 3. The van der Waals surface area contributed by atoms with Crippen molar-refractivity contribution in [3.63, 3.8) is 0 Å². The summed E-state index contributed by atoms with van der Waals surface area (Å²) in [6, 6.07) is 0. The Morgan fingerprint density at radius 1 is 1.56 bits per heavy atom. The van der Waals surface area contributed by atoms with Gasteiger partial charge in [-0.3, -0.25) is 9.48 Å². The van der Waals surface area contributed by atoms with Gasteiger partial charge in [-0.15, -0.1) is 0 Å². The van der Waals surface area contributed by atoms with Crippen molar-refractivity contribution in [1.82, 2.24) is 20.4 Å². The van der Waals surface area contributed by atoms with E-state index < -0.39 is 0 Å². The predicted molar refractivity (Wildman–Crippen MR) is 70.1 cm³/mol. The van der Waals surface area contributed by atoms with Gasteiger partial charge in [0, 0.05) is 31.4 Å². The summed E-state index contributed by atoms with van der Waals surface area (Å²) >= 11 is 0. The van der Waals surface area contributed by atoms with E-state index in [-0.39, 0.29) is 11.8 Å². The standard InChI is InChI=1S/C13H22N4O/c1-9-12(10(2)17(3)16-9)8-15-13(18)11-5-4-6-14-7-11/h11,14H,4-8H2,1-3H3,(H,15,18)/t11-/m0/s1. The van der Waals surface area contributed by atoms with Crippen LogP contribution in [0.15, 0.2) is 0 Å². The lowest BCUT2D eigenvalue weighted by Gasteiger charge is -2.21. The first-order valence-electron chi connectivity index (χ1n) is 6.57. The second-order valence-corrected chi connectivity index (χ2v) is 5.03. The zero-order valence-electron chi connectivity index (χ0n) is 11.4. The molecule has 5 heteroatoms. The Bertz CT molecular complexity index is 432. The molecule has 1 aliphatic rings. The maximum absolute atomic E-state index is 12.0. The molecule has 5 nitrogen and oxygen atoms in total. The number of nitrogens with one attached hydrogen (secondary N) is 2. The van der Waals surface area contributed by atoms with E-state index in [0.29, 0.717) is 6.54 Å². The van der Waals surface area contributed by atoms with Crippen LogP contribution in [0.1, 0.15) is 29.8 Å². The van der Waals surface area contributed by atoms with Gasteiger partial charge in [0.2, 0.25) is 5.91 Å². The molecule has 1 amide bonds. The number of carbonyl (C=O) groups is 1. The molecule has 2 N–H and O–H groups in total. The minimum atomic E-state index is 0.121. The van der Waals surface area contributed by atoms with Gasteiger partial charge in [-0.1, -0.05) is 0 Å². The molecule has 1 atom stereocenters. The van der Waals surface area contributed by atoms with Gasteiger partial charge < -0.3 is 10.6 Å². The predicted octanol–water partition coefficient (Wildman–Crippen LogP) is 0.653. The first-order valence-corrected chi connectivity index (χ1v) is 6.57. The third kappa shape index (κ3) is 2.72. The molecule has 2 rings (SSSR count). The Labute approximate surface area is 108 Å². The summed E-state index contributed by atoms with van der Waals surface area (Å²) in [6.07, 6.45) is 2.08. The van der Waals surface area contributed by atoms with Gasteiger partial charge in [0.25, 0.3) is 0 Å². The molecular weight excluding hydrogens is 228 g/mol. The normalized spacial score (nSPS) is 19.8. The lowest BCUT2D eigenvalue weighted by Crippen LogP contribution is -2.40. The number of amides is 1. The molecule has 0 aliphatic carbocycles. The fourth-order valence-corrected chi connectivity index (χ4v) is 2.47. The van der Waals surface area contributed by atoms with Crippen LogP contribution in [0.5, 0.6) is 0 Å². The van der Waals surface area contributed by atoms with Crippen molar-refractivity contribution in [3.8, 4) is 0 Å². The van der Waals surface area contributed by atoms with Crippen LogP contribution in [0.3, 0.4) is 0 Å². The van der Waals surface area contributed by atoms with Crippen molar-refractivity contribution in [1.29, 1.82) is 0 Å². The Hall–Kier alpha value is -1.36. The van der Waals surface area contributed by atoms with Crippen molar-refractivity contribution >= 4 is 5.91 Å². The largest absolute Gasteiger partial charge is 0.352 e. The van der Waals surface area contributed by atoms with Gasteiger partial charge >= 0.3 is 0 Å². The van der Waals surface area contributed by atoms with Gasteiger partial charge in [0.15, 0.2) is 0 Å². The molecule has 0 radical (unpaired) electrons. The van der Waals surface area contributed by atoms with E-state index in [0.717, 1.165) is 42.9 Å². The number of hydrogen-bond acceptors (Lipinski definition) is 3. The topological polar surface area (TPSA) is 59.0 Å². The summed E-state index contributed by atoms with van der Waals surface area (Å²) in [7, 11) is 1.93. The summed E-state index contributed by atoms with van der Waals surface area (Å²) in [5.41, 5.74) is 3.25. The number of aryl methyl sites for hydroxylation is 2. The Balaban J connectivity index is 1.92. The third-order valence-corrected chi connectivity index (χ3v) is 3.77. The van der Waals surface area contributed by atoms with Crippen molar-refractivity contribution in [2.45, 2.75) is 33.2 Å². The Morgan fingerprint density at radius 3 is 2.89 bits per heavy atom. The molecule has 1 aromatic rings. The van der Waals surface area contributed by atoms with Crippen LogP contribution in [0, 0.1) is 19.8 Å². The zero-order chi connectivity index (χ0) is 13.1. The van der Waals surface area contributed by atoms with E-state index in [4.69, 9.17) is 0 Å². The van der Waals surface area contributed by atoms with Crippen LogP contribution < -0.4 is 10.6 Å².